The highest BCUT2D eigenvalue weighted by Crippen LogP contribution is 2.28. The summed E-state index contributed by atoms with van der Waals surface area (Å²) < 4.78 is 0. The number of likely N-dealkylation sites (tertiary alicyclic amines) is 1. The zero-order valence-corrected chi connectivity index (χ0v) is 10.6. The van der Waals surface area contributed by atoms with Crippen molar-refractivity contribution in [2.45, 2.75) is 26.2 Å². The zero-order valence-electron chi connectivity index (χ0n) is 10.6. The van der Waals surface area contributed by atoms with Crippen LogP contribution in [0.1, 0.15) is 25.3 Å². The first kappa shape index (κ1) is 12.5. The molecule has 3 heteroatoms. The second kappa shape index (κ2) is 5.61. The Balaban J connectivity index is 1.83. The van der Waals surface area contributed by atoms with Gasteiger partial charge < -0.3 is 10.0 Å². The van der Waals surface area contributed by atoms with Crippen molar-refractivity contribution in [3.63, 3.8) is 0 Å². The van der Waals surface area contributed by atoms with Crippen molar-refractivity contribution in [2.75, 3.05) is 26.2 Å². The smallest absolute Gasteiger partial charge is 0.0497 e. The first-order valence-electron chi connectivity index (χ1n) is 6.44. The minimum atomic E-state index is 0.108. The fourth-order valence-corrected chi connectivity index (χ4v) is 2.58. The van der Waals surface area contributed by atoms with Crippen molar-refractivity contribution in [1.29, 1.82) is 0 Å². The summed E-state index contributed by atoms with van der Waals surface area (Å²) in [5.41, 5.74) is 1.45. The minimum Gasteiger partial charge on any atom is -0.396 e. The summed E-state index contributed by atoms with van der Waals surface area (Å²) in [5.74, 6) is 0. The van der Waals surface area contributed by atoms with E-state index in [1.807, 2.05) is 12.4 Å². The van der Waals surface area contributed by atoms with Gasteiger partial charge in [0.05, 0.1) is 0 Å². The molecular weight excluding hydrogens is 212 g/mol. The van der Waals surface area contributed by atoms with Crippen molar-refractivity contribution >= 4 is 0 Å². The largest absolute Gasteiger partial charge is 0.396 e. The van der Waals surface area contributed by atoms with Crippen LogP contribution in [0, 0.1) is 5.41 Å². The molecule has 0 aliphatic carbocycles. The third-order valence-corrected chi connectivity index (χ3v) is 3.71. The molecular formula is C14H22N2O. The highest BCUT2D eigenvalue weighted by Gasteiger charge is 2.29. The van der Waals surface area contributed by atoms with Crippen molar-refractivity contribution in [2.24, 2.45) is 5.41 Å². The molecule has 17 heavy (non-hydrogen) atoms. The number of aromatic nitrogens is 1. The highest BCUT2D eigenvalue weighted by molar-refractivity contribution is 5.10. The van der Waals surface area contributed by atoms with Gasteiger partial charge in [-0.25, -0.2) is 0 Å². The third kappa shape index (κ3) is 3.51. The van der Waals surface area contributed by atoms with Crippen molar-refractivity contribution in [3.8, 4) is 0 Å². The molecule has 0 radical (unpaired) electrons. The van der Waals surface area contributed by atoms with Crippen LogP contribution in [-0.2, 0) is 6.42 Å². The molecule has 1 saturated heterocycles. The van der Waals surface area contributed by atoms with E-state index in [-0.39, 0.29) is 5.41 Å². The maximum Gasteiger partial charge on any atom is 0.0497 e. The fraction of sp³-hybridized carbons (Fsp3) is 0.643. The number of aliphatic hydroxyl groups excluding tert-OH is 1. The van der Waals surface area contributed by atoms with E-state index in [9.17, 15) is 5.11 Å². The number of aliphatic hydroxyl groups is 1. The van der Waals surface area contributed by atoms with Gasteiger partial charge in [0.15, 0.2) is 0 Å². The maximum absolute atomic E-state index is 9.42. The Morgan fingerprint density at radius 2 is 2.18 bits per heavy atom. The lowest BCUT2D eigenvalue weighted by Crippen LogP contribution is -2.44. The van der Waals surface area contributed by atoms with E-state index >= 15 is 0 Å². The second-order valence-electron chi connectivity index (χ2n) is 5.45. The van der Waals surface area contributed by atoms with E-state index in [1.54, 1.807) is 0 Å². The van der Waals surface area contributed by atoms with E-state index in [0.717, 1.165) is 25.9 Å². The SMILES string of the molecule is C[C@]1(CO)CCCN(CCc2ccncc2)C1. The van der Waals surface area contributed by atoms with Gasteiger partial charge in [-0.2, -0.15) is 0 Å². The van der Waals surface area contributed by atoms with Crippen LogP contribution in [0.2, 0.25) is 0 Å². The summed E-state index contributed by atoms with van der Waals surface area (Å²) in [7, 11) is 0. The van der Waals surface area contributed by atoms with Gasteiger partial charge in [-0.1, -0.05) is 6.92 Å². The monoisotopic (exact) mass is 234 g/mol. The van der Waals surface area contributed by atoms with E-state index in [4.69, 9.17) is 0 Å². The van der Waals surface area contributed by atoms with E-state index in [2.05, 4.69) is 28.9 Å². The minimum absolute atomic E-state index is 0.108. The Kier molecular flexibility index (Phi) is 4.13. The molecule has 1 aliphatic heterocycles. The van der Waals surface area contributed by atoms with Crippen molar-refractivity contribution in [1.82, 2.24) is 9.88 Å². The summed E-state index contributed by atoms with van der Waals surface area (Å²) >= 11 is 0. The molecule has 1 fully saturated rings. The first-order chi connectivity index (χ1) is 8.22. The summed E-state index contributed by atoms with van der Waals surface area (Å²) in [5, 5.41) is 9.42. The van der Waals surface area contributed by atoms with Gasteiger partial charge in [0, 0.05) is 37.5 Å². The van der Waals surface area contributed by atoms with Crippen LogP contribution in [0.5, 0.6) is 0 Å². The Bertz CT molecular complexity index is 341. The third-order valence-electron chi connectivity index (χ3n) is 3.71. The zero-order chi connectivity index (χ0) is 12.1. The van der Waals surface area contributed by atoms with Crippen LogP contribution >= 0.6 is 0 Å². The molecule has 1 aromatic heterocycles. The predicted molar refractivity (Wildman–Crippen MR) is 68.8 cm³/mol. The van der Waals surface area contributed by atoms with E-state index in [1.165, 1.54) is 18.5 Å². The molecule has 0 saturated carbocycles. The number of nitrogens with zero attached hydrogens (tertiary/aromatic N) is 2. The number of hydrogen-bond donors (Lipinski definition) is 1. The van der Waals surface area contributed by atoms with Gasteiger partial charge in [0.25, 0.3) is 0 Å². The van der Waals surface area contributed by atoms with Gasteiger partial charge in [-0.05, 0) is 43.5 Å². The highest BCUT2D eigenvalue weighted by atomic mass is 16.3. The molecule has 1 N–H and O–H groups in total. The van der Waals surface area contributed by atoms with Crippen LogP contribution in [-0.4, -0.2) is 41.2 Å². The normalized spacial score (nSPS) is 26.0. The van der Waals surface area contributed by atoms with E-state index < -0.39 is 0 Å². The summed E-state index contributed by atoms with van der Waals surface area (Å²) in [4.78, 5) is 6.50. The topological polar surface area (TPSA) is 36.4 Å². The summed E-state index contributed by atoms with van der Waals surface area (Å²) in [6.45, 7) is 5.76. The van der Waals surface area contributed by atoms with Crippen LogP contribution in [0.15, 0.2) is 24.5 Å². The quantitative estimate of drug-likeness (QED) is 0.861. The lowest BCUT2D eigenvalue weighted by atomic mass is 9.83. The molecule has 1 aromatic rings. The Morgan fingerprint density at radius 1 is 1.41 bits per heavy atom. The fourth-order valence-electron chi connectivity index (χ4n) is 2.58. The van der Waals surface area contributed by atoms with Gasteiger partial charge in [0.1, 0.15) is 0 Å². The molecule has 0 amide bonds. The molecule has 0 unspecified atom stereocenters. The molecule has 1 atom stereocenters. The average molecular weight is 234 g/mol. The van der Waals surface area contributed by atoms with Gasteiger partial charge in [-0.3, -0.25) is 4.98 Å². The number of piperidine rings is 1. The second-order valence-corrected chi connectivity index (χ2v) is 5.45. The van der Waals surface area contributed by atoms with Gasteiger partial charge in [0.2, 0.25) is 0 Å². The Labute approximate surface area is 103 Å². The van der Waals surface area contributed by atoms with Crippen molar-refractivity contribution in [3.05, 3.63) is 30.1 Å². The Morgan fingerprint density at radius 3 is 2.88 bits per heavy atom. The lowest BCUT2D eigenvalue weighted by Gasteiger charge is -2.39. The lowest BCUT2D eigenvalue weighted by molar-refractivity contribution is 0.0472. The molecule has 1 aliphatic rings. The molecule has 2 heterocycles. The van der Waals surface area contributed by atoms with Crippen LogP contribution in [0.4, 0.5) is 0 Å². The number of hydrogen-bond acceptors (Lipinski definition) is 3. The molecule has 0 spiro atoms. The van der Waals surface area contributed by atoms with Crippen LogP contribution in [0.25, 0.3) is 0 Å². The van der Waals surface area contributed by atoms with Crippen molar-refractivity contribution < 1.29 is 5.11 Å². The molecule has 94 valence electrons. The summed E-state index contributed by atoms with van der Waals surface area (Å²) in [6, 6.07) is 4.16. The van der Waals surface area contributed by atoms with E-state index in [0.29, 0.717) is 6.61 Å². The number of rotatable bonds is 4. The predicted octanol–water partition coefficient (Wildman–Crippen LogP) is 1.72. The molecule has 2 rings (SSSR count). The first-order valence-corrected chi connectivity index (χ1v) is 6.44. The van der Waals surface area contributed by atoms with Gasteiger partial charge >= 0.3 is 0 Å². The standard InChI is InChI=1S/C14H22N2O/c1-14(12-17)6-2-9-16(11-14)10-5-13-3-7-15-8-4-13/h3-4,7-8,17H,2,5-6,9-12H2,1H3/t14-/m0/s1. The molecule has 0 bridgehead atoms. The average Bonchev–Trinajstić information content (AvgIpc) is 2.38. The van der Waals surface area contributed by atoms with Gasteiger partial charge in [-0.15, -0.1) is 0 Å². The molecule has 0 aromatic carbocycles. The molecule has 3 nitrogen and oxygen atoms in total. The Hall–Kier alpha value is -0.930. The summed E-state index contributed by atoms with van der Waals surface area (Å²) in [6.07, 6.45) is 7.12. The number of pyridine rings is 1. The maximum atomic E-state index is 9.42. The van der Waals surface area contributed by atoms with Crippen LogP contribution in [0.3, 0.4) is 0 Å². The van der Waals surface area contributed by atoms with Crippen LogP contribution < -0.4 is 0 Å².